The number of carbonyl (C=O) groups excluding carboxylic acids is 1. The van der Waals surface area contributed by atoms with Crippen molar-refractivity contribution in [1.82, 2.24) is 0 Å². The normalized spacial score (nSPS) is 10.7. The predicted octanol–water partition coefficient (Wildman–Crippen LogP) is -0.860. The summed E-state index contributed by atoms with van der Waals surface area (Å²) in [5, 5.41) is 0. The van der Waals surface area contributed by atoms with E-state index in [-0.39, 0.29) is 0 Å². The predicted molar refractivity (Wildman–Crippen MR) is 31.5 cm³/mol. The number of hydrogen-bond donors (Lipinski definition) is 1. The lowest BCUT2D eigenvalue weighted by Gasteiger charge is -1.86. The third kappa shape index (κ3) is 5.17. The van der Waals surface area contributed by atoms with Crippen LogP contribution in [0, 0.1) is 0 Å². The lowest BCUT2D eigenvalue weighted by molar-refractivity contribution is -0.168. The van der Waals surface area contributed by atoms with Crippen LogP contribution < -0.4 is 4.89 Å². The van der Waals surface area contributed by atoms with Gasteiger partial charge in [-0.05, 0) is 0 Å². The van der Waals surface area contributed by atoms with Crippen molar-refractivity contribution in [1.29, 1.82) is 0 Å². The Morgan fingerprint density at radius 3 is 2.78 bits per heavy atom. The van der Waals surface area contributed by atoms with Crippen LogP contribution in [0.3, 0.4) is 0 Å². The van der Waals surface area contributed by atoms with Gasteiger partial charge in [-0.2, -0.15) is 4.89 Å². The molecule has 0 bridgehead atoms. The van der Waals surface area contributed by atoms with Crippen molar-refractivity contribution in [3.8, 4) is 0 Å². The second-order valence-electron chi connectivity index (χ2n) is 1.05. The highest BCUT2D eigenvalue weighted by Crippen LogP contribution is 1.97. The fourth-order valence-corrected chi connectivity index (χ4v) is 0.339. The zero-order valence-electron chi connectivity index (χ0n) is 4.48. The molecule has 0 aromatic rings. The summed E-state index contributed by atoms with van der Waals surface area (Å²) in [7, 11) is -2.50. The molecule has 1 N–H and O–H groups in total. The van der Waals surface area contributed by atoms with Crippen molar-refractivity contribution in [3.05, 3.63) is 12.7 Å². The summed E-state index contributed by atoms with van der Waals surface area (Å²) in [6.45, 7) is 3.07. The Morgan fingerprint density at radius 2 is 2.44 bits per heavy atom. The van der Waals surface area contributed by atoms with E-state index in [4.69, 9.17) is 4.89 Å². The molecule has 0 rings (SSSR count). The van der Waals surface area contributed by atoms with Gasteiger partial charge in [0.1, 0.15) is 0 Å². The number of carbonyl (C=O) groups is 1. The van der Waals surface area contributed by atoms with Crippen LogP contribution in [0.4, 0.5) is 0 Å². The summed E-state index contributed by atoms with van der Waals surface area (Å²) in [4.78, 5) is 27.9. The van der Waals surface area contributed by atoms with Crippen LogP contribution >= 0.6 is 8.00 Å². The molecule has 0 saturated carbocycles. The van der Waals surface area contributed by atoms with Crippen molar-refractivity contribution in [2.75, 3.05) is 0 Å². The third-order valence-corrected chi connectivity index (χ3v) is 0.711. The summed E-state index contributed by atoms with van der Waals surface area (Å²) < 4.78 is 4.04. The van der Waals surface area contributed by atoms with Crippen molar-refractivity contribution in [2.24, 2.45) is 0 Å². The topological polar surface area (TPSA) is 69.6 Å². The quantitative estimate of drug-likeness (QED) is 0.314. The smallest absolute Gasteiger partial charge is 0.338 e. The third-order valence-electron chi connectivity index (χ3n) is 0.426. The maximum Gasteiger partial charge on any atom is 0.338 e. The molecule has 9 heavy (non-hydrogen) atoms. The van der Waals surface area contributed by atoms with Gasteiger partial charge in [0.2, 0.25) is 0 Å². The van der Waals surface area contributed by atoms with Crippen molar-refractivity contribution >= 4 is 20.0 Å². The van der Waals surface area contributed by atoms with Gasteiger partial charge in [-0.25, -0.2) is 4.79 Å². The van der Waals surface area contributed by atoms with Gasteiger partial charge >= 0.3 is 5.97 Å². The first-order valence-corrected chi connectivity index (χ1v) is 3.26. The second-order valence-corrected chi connectivity index (χ2v) is 1.86. The first-order valence-electron chi connectivity index (χ1n) is 1.98. The zero-order valence-corrected chi connectivity index (χ0v) is 5.38. The Kier molecular flexibility index (Phi) is 3.88. The molecule has 0 saturated heterocycles. The van der Waals surface area contributed by atoms with Gasteiger partial charge in [-0.1, -0.05) is 6.58 Å². The Balaban J connectivity index is 3.63. The van der Waals surface area contributed by atoms with E-state index in [1.807, 2.05) is 0 Å². The van der Waals surface area contributed by atoms with E-state index < -0.39 is 14.0 Å². The van der Waals surface area contributed by atoms with E-state index >= 15 is 0 Å². The van der Waals surface area contributed by atoms with E-state index in [0.717, 1.165) is 6.08 Å². The average molecular weight is 148 g/mol. The molecule has 1 unspecified atom stereocenters. The molecular formula is C4H5O4P. The molecule has 0 heterocycles. The standard InChI is InChI=1S/C4H5O4P/c1-2-4(5)8-3-9(6)7/h2-3H,1H2,(H,6,7). The van der Waals surface area contributed by atoms with E-state index in [1.165, 1.54) is 0 Å². The maximum absolute atomic E-state index is 10.1. The van der Waals surface area contributed by atoms with Gasteiger partial charge in [0.15, 0.2) is 0 Å². The number of ether oxygens (including phenoxy) is 1. The van der Waals surface area contributed by atoms with E-state index in [9.17, 15) is 9.69 Å². The summed E-state index contributed by atoms with van der Waals surface area (Å²) in [5.41, 5.74) is 0. The van der Waals surface area contributed by atoms with Crippen molar-refractivity contribution < 1.29 is 19.3 Å². The molecule has 0 spiro atoms. The maximum atomic E-state index is 10.1. The molecule has 0 aliphatic carbocycles. The Bertz CT molecular complexity index is 147. The minimum absolute atomic E-state index is 0.541. The van der Waals surface area contributed by atoms with Crippen LogP contribution in [-0.2, 0) is 9.53 Å². The molecule has 0 aromatic carbocycles. The highest BCUT2D eigenvalue weighted by molar-refractivity contribution is 7.43. The minimum Gasteiger partial charge on any atom is -0.601 e. The zero-order chi connectivity index (χ0) is 7.28. The van der Waals surface area contributed by atoms with E-state index in [1.54, 1.807) is 0 Å². The van der Waals surface area contributed by atoms with Gasteiger partial charge in [-0.15, -0.1) is 0 Å². The van der Waals surface area contributed by atoms with E-state index in [0.29, 0.717) is 5.98 Å². The molecule has 0 amide bonds. The molecular weight excluding hydrogens is 143 g/mol. The fourth-order valence-electron chi connectivity index (χ4n) is 0.145. The van der Waals surface area contributed by atoms with E-state index in [2.05, 4.69) is 11.3 Å². The molecule has 4 nitrogen and oxygen atoms in total. The summed E-state index contributed by atoms with van der Waals surface area (Å²) in [6.07, 6.45) is 0.898. The van der Waals surface area contributed by atoms with Gasteiger partial charge in [0.25, 0.3) is 14.0 Å². The summed E-state index contributed by atoms with van der Waals surface area (Å²) in [5.74, 6) is -0.202. The average Bonchev–Trinajstić information content (AvgIpc) is 1.83. The lowest BCUT2D eigenvalue weighted by Crippen LogP contribution is -1.99. The van der Waals surface area contributed by atoms with Crippen LogP contribution in [0.5, 0.6) is 0 Å². The minimum atomic E-state index is -2.50. The molecule has 0 aliphatic rings. The molecule has 1 atom stereocenters. The van der Waals surface area contributed by atoms with Crippen molar-refractivity contribution in [3.63, 3.8) is 0 Å². The molecule has 0 aromatic heterocycles. The molecule has 0 fully saturated rings. The monoisotopic (exact) mass is 148 g/mol. The lowest BCUT2D eigenvalue weighted by atomic mass is 10.7. The van der Waals surface area contributed by atoms with Gasteiger partial charge in [0.05, 0.1) is 0 Å². The largest absolute Gasteiger partial charge is 0.601 e. The molecule has 0 radical (unpaired) electrons. The van der Waals surface area contributed by atoms with Gasteiger partial charge < -0.3 is 9.63 Å². The number of hydrogen-bond acceptors (Lipinski definition) is 4. The highest BCUT2D eigenvalue weighted by atomic mass is 31.1. The van der Waals surface area contributed by atoms with Crippen LogP contribution in [0.2, 0.25) is 0 Å². The van der Waals surface area contributed by atoms with Crippen LogP contribution in [0.25, 0.3) is 0 Å². The van der Waals surface area contributed by atoms with Crippen LogP contribution in [0.1, 0.15) is 0 Å². The summed E-state index contributed by atoms with van der Waals surface area (Å²) in [6, 6.07) is 0. The number of rotatable bonds is 2. The van der Waals surface area contributed by atoms with Gasteiger partial charge in [0, 0.05) is 6.08 Å². The van der Waals surface area contributed by atoms with Crippen molar-refractivity contribution in [2.45, 2.75) is 0 Å². The molecule has 5 heteroatoms. The first kappa shape index (κ1) is 8.30. The van der Waals surface area contributed by atoms with Gasteiger partial charge in [-0.3, -0.25) is 0 Å². The fraction of sp³-hybridized carbons (Fsp3) is 0. The Labute approximate surface area is 52.9 Å². The Hall–Kier alpha value is -0.700. The van der Waals surface area contributed by atoms with Crippen LogP contribution in [-0.4, -0.2) is 16.8 Å². The molecule has 50 valence electrons. The Morgan fingerprint density at radius 1 is 1.89 bits per heavy atom. The summed E-state index contributed by atoms with van der Waals surface area (Å²) >= 11 is 0. The second kappa shape index (κ2) is 4.21. The first-order chi connectivity index (χ1) is 4.16. The molecule has 0 aliphatic heterocycles. The number of esters is 1. The highest BCUT2D eigenvalue weighted by Gasteiger charge is 1.93. The SMILES string of the molecule is C=CC(=O)OC=[P+]([O-])O. The van der Waals surface area contributed by atoms with Crippen LogP contribution in [0.15, 0.2) is 12.7 Å².